The van der Waals surface area contributed by atoms with Crippen molar-refractivity contribution in [2.45, 2.75) is 38.2 Å². The molecule has 0 saturated carbocycles. The molecule has 2 aromatic rings. The van der Waals surface area contributed by atoms with Crippen molar-refractivity contribution in [3.8, 4) is 6.07 Å². The van der Waals surface area contributed by atoms with Gasteiger partial charge in [0.2, 0.25) is 0 Å². The largest absolute Gasteiger partial charge is 0.481 e. The predicted molar refractivity (Wildman–Crippen MR) is 81.4 cm³/mol. The molecule has 24 heavy (non-hydrogen) atoms. The molecule has 126 valence electrons. The topological polar surface area (TPSA) is 86.1 Å². The number of aromatic nitrogens is 1. The summed E-state index contributed by atoms with van der Waals surface area (Å²) in [4.78, 5) is 14.2. The molecule has 5 nitrogen and oxygen atoms in total. The van der Waals surface area contributed by atoms with Gasteiger partial charge in [0.25, 0.3) is 0 Å². The monoisotopic (exact) mass is 334 g/mol. The predicted octanol–water partition coefficient (Wildman–Crippen LogP) is 3.36. The molecule has 1 aliphatic rings. The fraction of sp³-hybridized carbons (Fsp3) is 0.412. The number of rotatable bonds is 4. The summed E-state index contributed by atoms with van der Waals surface area (Å²) >= 11 is 0. The third-order valence-electron chi connectivity index (χ3n) is 4.47. The maximum Gasteiger partial charge on any atom is 0.306 e. The smallest absolute Gasteiger partial charge is 0.306 e. The van der Waals surface area contributed by atoms with E-state index in [0.29, 0.717) is 36.6 Å². The van der Waals surface area contributed by atoms with Gasteiger partial charge in [-0.3, -0.25) is 4.79 Å². The second kappa shape index (κ2) is 5.87. The first-order chi connectivity index (χ1) is 11.4. The fourth-order valence-electron chi connectivity index (χ4n) is 3.61. The number of carboxylic acids is 1. The summed E-state index contributed by atoms with van der Waals surface area (Å²) in [5.41, 5.74) is -0.321. The highest BCUT2D eigenvalue weighted by molar-refractivity contribution is 5.91. The van der Waals surface area contributed by atoms with Crippen LogP contribution in [0.3, 0.4) is 0 Å². The average Bonchev–Trinajstić information content (AvgIpc) is 2.89. The van der Waals surface area contributed by atoms with Crippen molar-refractivity contribution >= 4 is 16.9 Å². The fourth-order valence-corrected chi connectivity index (χ4v) is 3.61. The molecule has 0 spiro atoms. The van der Waals surface area contributed by atoms with Crippen LogP contribution in [0.1, 0.15) is 43.0 Å². The van der Waals surface area contributed by atoms with Gasteiger partial charge >= 0.3 is 5.97 Å². The zero-order chi connectivity index (χ0) is 17.5. The zero-order valence-corrected chi connectivity index (χ0v) is 13.1. The van der Waals surface area contributed by atoms with E-state index in [1.807, 2.05) is 6.92 Å². The summed E-state index contributed by atoms with van der Waals surface area (Å²) in [6.07, 6.45) is 1.15. The van der Waals surface area contributed by atoms with Crippen molar-refractivity contribution in [3.05, 3.63) is 34.5 Å². The number of carboxylic acid groups (broad SMARTS) is 1. The molecule has 1 unspecified atom stereocenters. The Kier molecular flexibility index (Phi) is 4.01. The molecular formula is C17H16F2N2O3. The van der Waals surface area contributed by atoms with Crippen molar-refractivity contribution in [1.82, 2.24) is 4.98 Å². The third-order valence-corrected chi connectivity index (χ3v) is 4.47. The highest BCUT2D eigenvalue weighted by Crippen LogP contribution is 2.43. The molecule has 1 atom stereocenters. The number of nitrogens with one attached hydrogen (secondary N) is 1. The summed E-state index contributed by atoms with van der Waals surface area (Å²) in [6, 6.07) is 2.45. The standard InChI is InChI=1S/C17H16F2N2O3/c1-2-4-17(7-13(22)23)16-9(3-5-24-17)14-10(8-20)11(18)6-12(19)15(14)21-16/h6,21H,2-5,7H2,1H3,(H,22,23). The summed E-state index contributed by atoms with van der Waals surface area (Å²) < 4.78 is 34.0. The number of aliphatic carboxylic acids is 1. The number of hydrogen-bond acceptors (Lipinski definition) is 3. The first kappa shape index (κ1) is 16.4. The first-order valence-corrected chi connectivity index (χ1v) is 7.72. The molecule has 0 fully saturated rings. The molecule has 3 rings (SSSR count). The Bertz CT molecular complexity index is 869. The van der Waals surface area contributed by atoms with Crippen LogP contribution in [0.4, 0.5) is 8.78 Å². The van der Waals surface area contributed by atoms with Crippen LogP contribution in [0.15, 0.2) is 6.07 Å². The Hall–Kier alpha value is -2.46. The number of hydrogen-bond donors (Lipinski definition) is 2. The molecular weight excluding hydrogens is 318 g/mol. The molecule has 1 aliphatic heterocycles. The van der Waals surface area contributed by atoms with E-state index in [0.717, 1.165) is 0 Å². The molecule has 0 aliphatic carbocycles. The molecule has 0 amide bonds. The lowest BCUT2D eigenvalue weighted by Crippen LogP contribution is -2.37. The van der Waals surface area contributed by atoms with Gasteiger partial charge in [-0.1, -0.05) is 13.3 Å². The maximum atomic E-state index is 14.2. The van der Waals surface area contributed by atoms with Gasteiger partial charge in [0, 0.05) is 11.5 Å². The average molecular weight is 334 g/mol. The highest BCUT2D eigenvalue weighted by Gasteiger charge is 2.42. The third kappa shape index (κ3) is 2.34. The minimum Gasteiger partial charge on any atom is -0.481 e. The highest BCUT2D eigenvalue weighted by atomic mass is 19.1. The minimum absolute atomic E-state index is 0.0225. The van der Waals surface area contributed by atoms with Gasteiger partial charge in [0.1, 0.15) is 23.3 Å². The van der Waals surface area contributed by atoms with Crippen molar-refractivity contribution in [2.75, 3.05) is 6.61 Å². The molecule has 1 aromatic carbocycles. The second-order valence-electron chi connectivity index (χ2n) is 5.97. The van der Waals surface area contributed by atoms with Crippen molar-refractivity contribution in [1.29, 1.82) is 5.26 Å². The van der Waals surface area contributed by atoms with Crippen molar-refractivity contribution in [2.24, 2.45) is 0 Å². The minimum atomic E-state index is -1.12. The SMILES string of the molecule is CCCC1(CC(=O)O)OCCc2c1[nH]c1c(F)cc(F)c(C#N)c21. The number of fused-ring (bicyclic) bond motifs is 3. The van der Waals surface area contributed by atoms with E-state index in [4.69, 9.17) is 4.74 Å². The number of aromatic amines is 1. The Morgan fingerprint density at radius 1 is 1.50 bits per heavy atom. The van der Waals surface area contributed by atoms with E-state index >= 15 is 0 Å². The van der Waals surface area contributed by atoms with E-state index in [2.05, 4.69) is 4.98 Å². The van der Waals surface area contributed by atoms with E-state index in [-0.39, 0.29) is 29.5 Å². The van der Waals surface area contributed by atoms with Crippen LogP contribution >= 0.6 is 0 Å². The Balaban J connectivity index is 2.34. The molecule has 2 N–H and O–H groups in total. The summed E-state index contributed by atoms with van der Waals surface area (Å²) in [5, 5.41) is 18.7. The van der Waals surface area contributed by atoms with Crippen molar-refractivity contribution in [3.63, 3.8) is 0 Å². The van der Waals surface area contributed by atoms with Gasteiger partial charge in [0.05, 0.1) is 29.8 Å². The van der Waals surface area contributed by atoms with Gasteiger partial charge in [-0.15, -0.1) is 0 Å². The van der Waals surface area contributed by atoms with Crippen molar-refractivity contribution < 1.29 is 23.4 Å². The van der Waals surface area contributed by atoms with Crippen LogP contribution in [-0.2, 0) is 21.6 Å². The Morgan fingerprint density at radius 3 is 2.88 bits per heavy atom. The number of ether oxygens (including phenoxy) is 1. The number of carbonyl (C=O) groups is 1. The van der Waals surface area contributed by atoms with Gasteiger partial charge in [-0.25, -0.2) is 8.78 Å². The number of halogens is 2. The summed E-state index contributed by atoms with van der Waals surface area (Å²) in [7, 11) is 0. The maximum absolute atomic E-state index is 14.2. The van der Waals surface area contributed by atoms with Crippen LogP contribution in [0.5, 0.6) is 0 Å². The molecule has 2 heterocycles. The molecule has 0 bridgehead atoms. The lowest BCUT2D eigenvalue weighted by Gasteiger charge is -2.36. The zero-order valence-electron chi connectivity index (χ0n) is 13.1. The summed E-state index contributed by atoms with van der Waals surface area (Å²) in [5.74, 6) is -2.77. The number of benzene rings is 1. The molecule has 1 aromatic heterocycles. The van der Waals surface area contributed by atoms with Crippen LogP contribution in [0, 0.1) is 23.0 Å². The van der Waals surface area contributed by atoms with Crippen LogP contribution in [0.2, 0.25) is 0 Å². The van der Waals surface area contributed by atoms with E-state index < -0.39 is 23.2 Å². The van der Waals surface area contributed by atoms with Gasteiger partial charge in [-0.05, 0) is 18.4 Å². The van der Waals surface area contributed by atoms with E-state index in [1.54, 1.807) is 6.07 Å². The lowest BCUT2D eigenvalue weighted by molar-refractivity contribution is -0.149. The number of H-pyrrole nitrogens is 1. The second-order valence-corrected chi connectivity index (χ2v) is 5.97. The van der Waals surface area contributed by atoms with E-state index in [1.165, 1.54) is 0 Å². The molecule has 0 saturated heterocycles. The number of nitriles is 1. The molecule has 7 heteroatoms. The van der Waals surface area contributed by atoms with Crippen LogP contribution in [-0.4, -0.2) is 22.7 Å². The lowest BCUT2D eigenvalue weighted by atomic mass is 9.84. The number of nitrogens with zero attached hydrogens (tertiary/aromatic N) is 1. The summed E-state index contributed by atoms with van der Waals surface area (Å²) in [6.45, 7) is 2.13. The van der Waals surface area contributed by atoms with E-state index in [9.17, 15) is 23.9 Å². The van der Waals surface area contributed by atoms with Crippen LogP contribution < -0.4 is 0 Å². The normalized spacial score (nSPS) is 19.9. The van der Waals surface area contributed by atoms with Gasteiger partial charge in [-0.2, -0.15) is 5.26 Å². The molecule has 0 radical (unpaired) electrons. The quantitative estimate of drug-likeness (QED) is 0.897. The Labute approximate surface area is 136 Å². The van der Waals surface area contributed by atoms with Gasteiger partial charge in [0.15, 0.2) is 0 Å². The van der Waals surface area contributed by atoms with Crippen LogP contribution in [0.25, 0.3) is 10.9 Å². The van der Waals surface area contributed by atoms with Gasteiger partial charge < -0.3 is 14.8 Å². The first-order valence-electron chi connectivity index (χ1n) is 7.72. The Morgan fingerprint density at radius 2 is 2.25 bits per heavy atom.